The van der Waals surface area contributed by atoms with E-state index in [1.165, 1.54) is 40.2 Å². The van der Waals surface area contributed by atoms with Gasteiger partial charge in [-0.15, -0.1) is 11.3 Å². The molecule has 5 rings (SSSR count). The Kier molecular flexibility index (Phi) is 6.08. The van der Waals surface area contributed by atoms with E-state index in [2.05, 4.69) is 10.3 Å². The lowest BCUT2D eigenvalue weighted by atomic mass is 10.0. The summed E-state index contributed by atoms with van der Waals surface area (Å²) in [6.45, 7) is 1.73. The van der Waals surface area contributed by atoms with E-state index in [1.54, 1.807) is 19.1 Å². The minimum absolute atomic E-state index is 0.139. The van der Waals surface area contributed by atoms with Crippen LogP contribution in [0.3, 0.4) is 0 Å². The first kappa shape index (κ1) is 23.4. The SMILES string of the molecule is CC1=C(C(=O)Nc2ccccc2)[C@H](c2cccs2)n2c(sc(=Cc3cccc([N+](=O)[O-])c3O)c2=O)=N1. The molecule has 1 atom stereocenters. The molecule has 4 aromatic rings. The number of nitrogens with one attached hydrogen (secondary N) is 1. The maximum Gasteiger partial charge on any atom is 0.311 e. The van der Waals surface area contributed by atoms with Crippen LogP contribution in [0.5, 0.6) is 5.75 Å². The fraction of sp³-hybridized carbons (Fsp3) is 0.0800. The van der Waals surface area contributed by atoms with Crippen molar-refractivity contribution in [2.45, 2.75) is 13.0 Å². The number of hydrogen-bond donors (Lipinski definition) is 2. The molecule has 2 N–H and O–H groups in total. The maximum absolute atomic E-state index is 13.6. The normalized spacial score (nSPS) is 15.4. The third-order valence-corrected chi connectivity index (χ3v) is 7.55. The topological polar surface area (TPSA) is 127 Å². The number of thiophene rings is 1. The first-order chi connectivity index (χ1) is 17.3. The highest BCUT2D eigenvalue weighted by Gasteiger charge is 2.33. The number of thiazole rings is 1. The molecule has 180 valence electrons. The van der Waals surface area contributed by atoms with Crippen LogP contribution in [0.1, 0.15) is 23.4 Å². The molecular formula is C25H18N4O5S2. The zero-order valence-electron chi connectivity index (χ0n) is 18.7. The lowest BCUT2D eigenvalue weighted by Crippen LogP contribution is -2.40. The molecule has 36 heavy (non-hydrogen) atoms. The fourth-order valence-electron chi connectivity index (χ4n) is 4.00. The molecule has 3 heterocycles. The standard InChI is InChI=1S/C25H18N4O5S2/c1-14-20(23(31)27-16-8-3-2-4-9-16)21(18-11-6-12-35-18)28-24(32)19(36-25(28)26-14)13-15-7-5-10-17(22(15)30)29(33)34/h2-13,21,30H,1H3,(H,27,31)/t21-/m0/s1. The Hall–Kier alpha value is -4.35. The molecule has 1 amide bonds. The van der Waals surface area contributed by atoms with Crippen LogP contribution in [0.15, 0.2) is 87.1 Å². The Morgan fingerprint density at radius 3 is 2.64 bits per heavy atom. The van der Waals surface area contributed by atoms with Crippen molar-refractivity contribution in [3.05, 3.63) is 118 Å². The number of phenols is 1. The van der Waals surface area contributed by atoms with Gasteiger partial charge >= 0.3 is 5.69 Å². The Balaban J connectivity index is 1.66. The van der Waals surface area contributed by atoms with E-state index >= 15 is 0 Å². The number of benzene rings is 2. The molecule has 2 aromatic carbocycles. The van der Waals surface area contributed by atoms with Gasteiger partial charge in [0.25, 0.3) is 11.5 Å². The zero-order chi connectivity index (χ0) is 25.4. The van der Waals surface area contributed by atoms with Gasteiger partial charge in [-0.25, -0.2) is 4.99 Å². The Labute approximate surface area is 211 Å². The summed E-state index contributed by atoms with van der Waals surface area (Å²) in [6, 6.07) is 16.1. The lowest BCUT2D eigenvalue weighted by molar-refractivity contribution is -0.385. The first-order valence-electron chi connectivity index (χ1n) is 10.7. The van der Waals surface area contributed by atoms with Crippen LogP contribution < -0.4 is 20.2 Å². The van der Waals surface area contributed by atoms with Gasteiger partial charge in [0.05, 0.1) is 20.7 Å². The molecule has 0 saturated heterocycles. The van der Waals surface area contributed by atoms with E-state index in [1.807, 2.05) is 35.7 Å². The van der Waals surface area contributed by atoms with Gasteiger partial charge in [0.1, 0.15) is 6.04 Å². The first-order valence-corrected chi connectivity index (χ1v) is 12.4. The van der Waals surface area contributed by atoms with Crippen molar-refractivity contribution in [1.29, 1.82) is 0 Å². The number of allylic oxidation sites excluding steroid dienone is 1. The van der Waals surface area contributed by atoms with Crippen LogP contribution in [0.4, 0.5) is 11.4 Å². The van der Waals surface area contributed by atoms with Crippen LogP contribution in [-0.4, -0.2) is 20.5 Å². The summed E-state index contributed by atoms with van der Waals surface area (Å²) in [5, 5.41) is 26.3. The largest absolute Gasteiger partial charge is 0.502 e. The molecule has 1 aliphatic heterocycles. The average molecular weight is 519 g/mol. The number of hydrogen-bond acceptors (Lipinski definition) is 8. The van der Waals surface area contributed by atoms with E-state index < -0.39 is 28.0 Å². The number of carbonyl (C=O) groups excluding carboxylic acids is 1. The van der Waals surface area contributed by atoms with Crippen LogP contribution in [0.25, 0.3) is 6.08 Å². The number of carbonyl (C=O) groups is 1. The highest BCUT2D eigenvalue weighted by molar-refractivity contribution is 7.10. The number of nitro groups is 1. The van der Waals surface area contributed by atoms with Gasteiger partial charge < -0.3 is 10.4 Å². The summed E-state index contributed by atoms with van der Waals surface area (Å²) < 4.78 is 1.69. The Bertz CT molecular complexity index is 1700. The summed E-state index contributed by atoms with van der Waals surface area (Å²) in [5.74, 6) is -0.895. The maximum atomic E-state index is 13.6. The van der Waals surface area contributed by atoms with Gasteiger partial charge in [-0.2, -0.15) is 0 Å². The van der Waals surface area contributed by atoms with Crippen LogP contribution in [0.2, 0.25) is 0 Å². The van der Waals surface area contributed by atoms with Crippen molar-refractivity contribution in [3.63, 3.8) is 0 Å². The van der Waals surface area contributed by atoms with Crippen molar-refractivity contribution in [2.24, 2.45) is 4.99 Å². The van der Waals surface area contributed by atoms with E-state index in [-0.39, 0.29) is 16.0 Å². The number of aromatic hydroxyl groups is 1. The number of amides is 1. The summed E-state index contributed by atoms with van der Waals surface area (Å²) >= 11 is 2.50. The van der Waals surface area contributed by atoms with Crippen molar-refractivity contribution in [1.82, 2.24) is 4.57 Å². The quantitative estimate of drug-likeness (QED) is 0.309. The molecule has 0 bridgehead atoms. The molecule has 0 unspecified atom stereocenters. The van der Waals surface area contributed by atoms with Crippen LogP contribution in [-0.2, 0) is 4.79 Å². The average Bonchev–Trinajstić information content (AvgIpc) is 3.48. The fourth-order valence-corrected chi connectivity index (χ4v) is 5.86. The second-order valence-corrected chi connectivity index (χ2v) is 9.88. The van der Waals surface area contributed by atoms with E-state index in [0.717, 1.165) is 16.2 Å². The predicted octanol–water partition coefficient (Wildman–Crippen LogP) is 3.55. The van der Waals surface area contributed by atoms with E-state index in [0.29, 0.717) is 21.8 Å². The highest BCUT2D eigenvalue weighted by Crippen LogP contribution is 2.33. The monoisotopic (exact) mass is 518 g/mol. The van der Waals surface area contributed by atoms with E-state index in [4.69, 9.17) is 0 Å². The predicted molar refractivity (Wildman–Crippen MR) is 138 cm³/mol. The number of aromatic nitrogens is 1. The molecule has 9 nitrogen and oxygen atoms in total. The second kappa shape index (κ2) is 9.36. The third-order valence-electron chi connectivity index (χ3n) is 5.64. The van der Waals surface area contributed by atoms with Gasteiger partial charge in [-0.3, -0.25) is 24.3 Å². The molecule has 0 fully saturated rings. The van der Waals surface area contributed by atoms with E-state index in [9.17, 15) is 24.8 Å². The summed E-state index contributed by atoms with van der Waals surface area (Å²) in [7, 11) is 0. The second-order valence-electron chi connectivity index (χ2n) is 7.89. The summed E-state index contributed by atoms with van der Waals surface area (Å²) in [5.41, 5.74) is 0.710. The van der Waals surface area contributed by atoms with Crippen LogP contribution in [0, 0.1) is 10.1 Å². The number of rotatable bonds is 5. The van der Waals surface area contributed by atoms with Gasteiger partial charge in [-0.1, -0.05) is 47.7 Å². The third kappa shape index (κ3) is 4.14. The zero-order valence-corrected chi connectivity index (χ0v) is 20.4. The number of phenolic OH excluding ortho intramolecular Hbond substituents is 1. The minimum Gasteiger partial charge on any atom is -0.502 e. The number of para-hydroxylation sites is 2. The van der Waals surface area contributed by atoms with Crippen LogP contribution >= 0.6 is 22.7 Å². The summed E-state index contributed by atoms with van der Waals surface area (Å²) in [6.07, 6.45) is 1.40. The molecule has 1 aliphatic rings. The molecule has 0 spiro atoms. The smallest absolute Gasteiger partial charge is 0.311 e. The highest BCUT2D eigenvalue weighted by atomic mass is 32.1. The molecule has 0 aliphatic carbocycles. The van der Waals surface area contributed by atoms with Gasteiger partial charge in [0.15, 0.2) is 4.80 Å². The van der Waals surface area contributed by atoms with Crippen molar-refractivity contribution in [3.8, 4) is 5.75 Å². The molecule has 11 heteroatoms. The lowest BCUT2D eigenvalue weighted by Gasteiger charge is -2.24. The number of fused-ring (bicyclic) bond motifs is 1. The van der Waals surface area contributed by atoms with Crippen molar-refractivity contribution < 1.29 is 14.8 Å². The number of nitro benzene ring substituents is 1. The van der Waals surface area contributed by atoms with Crippen molar-refractivity contribution in [2.75, 3.05) is 5.32 Å². The number of nitrogens with zero attached hydrogens (tertiary/aromatic N) is 3. The summed E-state index contributed by atoms with van der Waals surface area (Å²) in [4.78, 5) is 43.3. The van der Waals surface area contributed by atoms with Gasteiger partial charge in [0.2, 0.25) is 5.75 Å². The minimum atomic E-state index is -0.703. The number of anilines is 1. The van der Waals surface area contributed by atoms with Crippen molar-refractivity contribution >= 4 is 46.0 Å². The molecule has 0 saturated carbocycles. The van der Waals surface area contributed by atoms with Gasteiger partial charge in [0, 0.05) is 22.2 Å². The molecule has 2 aromatic heterocycles. The molecular weight excluding hydrogens is 500 g/mol. The molecule has 0 radical (unpaired) electrons. The Morgan fingerprint density at radius 2 is 1.94 bits per heavy atom. The van der Waals surface area contributed by atoms with Gasteiger partial charge in [-0.05, 0) is 36.6 Å². The Morgan fingerprint density at radius 1 is 1.17 bits per heavy atom.